The lowest BCUT2D eigenvalue weighted by molar-refractivity contribution is -0.861. The number of cyclic esters (lactones) is 2. The van der Waals surface area contributed by atoms with Crippen molar-refractivity contribution < 1.29 is 42.7 Å². The Hall–Kier alpha value is -3.27. The van der Waals surface area contributed by atoms with Gasteiger partial charge >= 0.3 is 30.2 Å². The van der Waals surface area contributed by atoms with Crippen molar-refractivity contribution in [2.45, 2.75) is 24.0 Å². The molecule has 0 aromatic heterocycles. The van der Waals surface area contributed by atoms with Crippen molar-refractivity contribution in [3.8, 4) is 0 Å². The van der Waals surface area contributed by atoms with Crippen molar-refractivity contribution in [2.24, 2.45) is 0 Å². The van der Waals surface area contributed by atoms with E-state index in [1.807, 2.05) is 0 Å². The molecule has 1 fully saturated rings. The normalized spacial score (nSPS) is 21.6. The average molecular weight is 332 g/mol. The van der Waals surface area contributed by atoms with Crippen LogP contribution < -0.4 is 0 Å². The first-order valence-electron chi connectivity index (χ1n) is 4.73. The fourth-order valence-electron chi connectivity index (χ4n) is 1.44. The zero-order chi connectivity index (χ0) is 17.5. The number of ether oxygens (including phenoxy) is 2. The van der Waals surface area contributed by atoms with E-state index in [2.05, 4.69) is 9.47 Å². The van der Waals surface area contributed by atoms with Crippen LogP contribution in [0, 0.1) is 40.5 Å². The van der Waals surface area contributed by atoms with Gasteiger partial charge in [-0.3, -0.25) is 40.5 Å². The molecular weight excluding hydrogens is 330 g/mol. The first kappa shape index (κ1) is 16.8. The maximum atomic E-state index is 13.9. The third-order valence-electron chi connectivity index (χ3n) is 2.47. The van der Waals surface area contributed by atoms with Gasteiger partial charge in [-0.05, 0) is 0 Å². The van der Waals surface area contributed by atoms with Crippen LogP contribution in [0.15, 0.2) is 0 Å². The highest BCUT2D eigenvalue weighted by molar-refractivity contribution is 5.62. The number of halogens is 2. The Labute approximate surface area is 115 Å². The molecule has 0 aliphatic carbocycles. The Morgan fingerprint density at radius 1 is 0.773 bits per heavy atom. The van der Waals surface area contributed by atoms with Crippen LogP contribution >= 0.6 is 0 Å². The number of carbonyl (C=O) groups is 1. The highest BCUT2D eigenvalue weighted by Crippen LogP contribution is 2.37. The molecule has 0 spiro atoms. The minimum absolute atomic E-state index is 2.20. The zero-order valence-corrected chi connectivity index (χ0v) is 9.69. The summed E-state index contributed by atoms with van der Waals surface area (Å²) in [6, 6.07) is 0. The van der Waals surface area contributed by atoms with Crippen molar-refractivity contribution in [2.75, 3.05) is 0 Å². The minimum atomic E-state index is -5.01. The first-order chi connectivity index (χ1) is 9.89. The third-order valence-corrected chi connectivity index (χ3v) is 2.47. The summed E-state index contributed by atoms with van der Waals surface area (Å²) >= 11 is 0. The summed E-state index contributed by atoms with van der Waals surface area (Å²) < 4.78 is 35.0. The summed E-state index contributed by atoms with van der Waals surface area (Å²) in [7, 11) is 0. The number of carbonyl (C=O) groups excluding carboxylic acids is 1. The van der Waals surface area contributed by atoms with Crippen LogP contribution in [0.1, 0.15) is 0 Å². The molecule has 0 amide bonds. The molecule has 1 aliphatic rings. The second kappa shape index (κ2) is 4.93. The van der Waals surface area contributed by atoms with Crippen molar-refractivity contribution in [1.29, 1.82) is 0 Å². The van der Waals surface area contributed by atoms with Gasteiger partial charge in [0.1, 0.15) is 19.7 Å². The molecule has 17 heteroatoms. The molecule has 0 bridgehead atoms. The Kier molecular flexibility index (Phi) is 3.76. The summed E-state index contributed by atoms with van der Waals surface area (Å²) in [4.78, 5) is 43.3. The highest BCUT2D eigenvalue weighted by Gasteiger charge is 2.85. The molecule has 15 nitrogen and oxygen atoms in total. The second-order valence-electron chi connectivity index (χ2n) is 3.63. The van der Waals surface area contributed by atoms with E-state index in [0.717, 1.165) is 0 Å². The van der Waals surface area contributed by atoms with Gasteiger partial charge in [0.25, 0.3) is 0 Å². The molecule has 1 aliphatic heterocycles. The van der Waals surface area contributed by atoms with Gasteiger partial charge in [0.2, 0.25) is 0 Å². The maximum Gasteiger partial charge on any atom is 0.656 e. The van der Waals surface area contributed by atoms with Crippen LogP contribution in [0.25, 0.3) is 0 Å². The van der Waals surface area contributed by atoms with Gasteiger partial charge in [-0.2, -0.15) is 0 Å². The predicted octanol–water partition coefficient (Wildman–Crippen LogP) is -0.756. The number of hydrogen-bond donors (Lipinski definition) is 0. The molecule has 1 rings (SSSR count). The Bertz CT molecular complexity index is 503. The monoisotopic (exact) mass is 332 g/mol. The third kappa shape index (κ3) is 2.07. The second-order valence-corrected chi connectivity index (χ2v) is 3.63. The largest absolute Gasteiger partial charge is 0.656 e. The lowest BCUT2D eigenvalue weighted by Crippen LogP contribution is -2.64. The van der Waals surface area contributed by atoms with Gasteiger partial charge in [0.05, 0.1) is 0 Å². The van der Waals surface area contributed by atoms with E-state index in [1.54, 1.807) is 0 Å². The number of nitrogens with zero attached hydrogens (tertiary/aromatic N) is 4. The van der Waals surface area contributed by atoms with Crippen LogP contribution in [0.3, 0.4) is 0 Å². The van der Waals surface area contributed by atoms with Crippen LogP contribution in [0.4, 0.5) is 13.6 Å². The van der Waals surface area contributed by atoms with Crippen molar-refractivity contribution in [1.82, 2.24) is 0 Å². The van der Waals surface area contributed by atoms with Gasteiger partial charge in [0, 0.05) is 0 Å². The van der Waals surface area contributed by atoms with Gasteiger partial charge < -0.3 is 9.47 Å². The highest BCUT2D eigenvalue weighted by atomic mass is 19.2. The quantitative estimate of drug-likeness (QED) is 0.194. The molecule has 1 saturated heterocycles. The molecule has 0 saturated carbocycles. The van der Waals surface area contributed by atoms with Crippen molar-refractivity contribution >= 4 is 6.16 Å². The van der Waals surface area contributed by atoms with Gasteiger partial charge in [-0.1, -0.05) is 8.78 Å². The van der Waals surface area contributed by atoms with E-state index in [4.69, 9.17) is 0 Å². The van der Waals surface area contributed by atoms with Crippen LogP contribution in [-0.4, -0.2) is 49.9 Å². The fraction of sp³-hybridized carbons (Fsp3) is 0.800. The SMILES string of the molecule is O=C1OC(C(F)([N+](=O)[O-])[N+](=O)[O-])C(C(F)([N+](=O)[O-])[N+](=O)[O-])O1. The molecule has 1 heterocycles. The van der Waals surface area contributed by atoms with Gasteiger partial charge in [-0.15, -0.1) is 0 Å². The smallest absolute Gasteiger partial charge is 0.406 e. The fourth-order valence-corrected chi connectivity index (χ4v) is 1.44. The van der Waals surface area contributed by atoms with E-state index in [9.17, 15) is 54.0 Å². The molecule has 122 valence electrons. The summed E-state index contributed by atoms with van der Waals surface area (Å²) in [6.45, 7) is 0. The molecule has 0 aromatic carbocycles. The maximum absolute atomic E-state index is 13.9. The van der Waals surface area contributed by atoms with E-state index in [1.165, 1.54) is 0 Å². The summed E-state index contributed by atoms with van der Waals surface area (Å²) in [5.41, 5.74) is 0. The Morgan fingerprint density at radius 2 is 1.00 bits per heavy atom. The summed E-state index contributed by atoms with van der Waals surface area (Å²) in [5.74, 6) is -10.0. The summed E-state index contributed by atoms with van der Waals surface area (Å²) in [5, 5.41) is 41.8. The first-order valence-corrected chi connectivity index (χ1v) is 4.73. The minimum Gasteiger partial charge on any atom is -0.406 e. The average Bonchev–Trinajstić information content (AvgIpc) is 2.78. The number of hydrogen-bond acceptors (Lipinski definition) is 11. The van der Waals surface area contributed by atoms with E-state index in [0.29, 0.717) is 0 Å². The lowest BCUT2D eigenvalue weighted by atomic mass is 10.1. The number of alkyl halides is 2. The lowest BCUT2D eigenvalue weighted by Gasteiger charge is -2.18. The predicted molar refractivity (Wildman–Crippen MR) is 50.8 cm³/mol. The molecule has 2 unspecified atom stereocenters. The Balaban J connectivity index is 3.50. The molecule has 0 N–H and O–H groups in total. The van der Waals surface area contributed by atoms with Crippen LogP contribution in [0.5, 0.6) is 0 Å². The Morgan fingerprint density at radius 3 is 1.18 bits per heavy atom. The van der Waals surface area contributed by atoms with Crippen LogP contribution in [0.2, 0.25) is 0 Å². The molecule has 0 aromatic rings. The van der Waals surface area contributed by atoms with E-state index >= 15 is 0 Å². The summed E-state index contributed by atoms with van der Waals surface area (Å²) in [6.07, 6.45) is -9.25. The van der Waals surface area contributed by atoms with Crippen molar-refractivity contribution in [3.63, 3.8) is 0 Å². The molecule has 2 atom stereocenters. The molecule has 22 heavy (non-hydrogen) atoms. The number of rotatable bonds is 6. The standard InChI is InChI=1S/C5H2F2N4O11/c6-4(8(13)14,9(15)16)1-2(22-3(12)21-1)5(7,10(17)18)11(19)20/h1-2H. The van der Waals surface area contributed by atoms with Gasteiger partial charge in [0.15, 0.2) is 0 Å². The molecule has 0 radical (unpaired) electrons. The molecular formula is C5H2F2N4O11. The van der Waals surface area contributed by atoms with E-state index < -0.39 is 49.9 Å². The number of nitro groups is 4. The topological polar surface area (TPSA) is 208 Å². The van der Waals surface area contributed by atoms with E-state index in [-0.39, 0.29) is 0 Å². The van der Waals surface area contributed by atoms with Gasteiger partial charge in [-0.25, -0.2) is 4.79 Å². The van der Waals surface area contributed by atoms with Crippen molar-refractivity contribution in [3.05, 3.63) is 40.5 Å². The van der Waals surface area contributed by atoms with Crippen LogP contribution in [-0.2, 0) is 9.47 Å². The zero-order valence-electron chi connectivity index (χ0n) is 9.69.